The number of nitro benzene ring substituents is 1. The van der Waals surface area contributed by atoms with E-state index in [-0.39, 0.29) is 34.6 Å². The maximum absolute atomic E-state index is 14.1. The minimum Gasteiger partial charge on any atom is -0.495 e. The van der Waals surface area contributed by atoms with Gasteiger partial charge in [0.15, 0.2) is 0 Å². The van der Waals surface area contributed by atoms with Crippen LogP contribution in [0.3, 0.4) is 0 Å². The summed E-state index contributed by atoms with van der Waals surface area (Å²) in [5.41, 5.74) is 0.419. The number of carbonyl (C=O) groups excluding carboxylic acids is 2. The van der Waals surface area contributed by atoms with Crippen LogP contribution in [-0.2, 0) is 26.2 Å². The monoisotopic (exact) mass is 650 g/mol. The van der Waals surface area contributed by atoms with Crippen LogP contribution in [-0.4, -0.2) is 55.8 Å². The van der Waals surface area contributed by atoms with Crippen molar-refractivity contribution in [2.24, 2.45) is 0 Å². The molecule has 1 atom stereocenters. The fraction of sp³-hybridized carbons (Fsp3) is 0.310. The molecule has 0 fully saturated rings. The van der Waals surface area contributed by atoms with E-state index in [1.54, 1.807) is 38.1 Å². The number of nitrogens with one attached hydrogen (secondary N) is 1. The number of ether oxygens (including phenoxy) is 1. The number of benzene rings is 3. The first-order valence-electron chi connectivity index (χ1n) is 13.1. The second kappa shape index (κ2) is 14.1. The van der Waals surface area contributed by atoms with Crippen molar-refractivity contribution in [3.05, 3.63) is 92.0 Å². The molecule has 3 aromatic rings. The van der Waals surface area contributed by atoms with Gasteiger partial charge < -0.3 is 15.0 Å². The molecule has 0 saturated carbocycles. The summed E-state index contributed by atoms with van der Waals surface area (Å²) in [7, 11) is -3.30. The summed E-state index contributed by atoms with van der Waals surface area (Å²) in [5, 5.41) is 15.0. The van der Waals surface area contributed by atoms with E-state index < -0.39 is 49.9 Å². The summed E-state index contributed by atoms with van der Waals surface area (Å²) in [6.07, 6.45) is 0. The van der Waals surface area contributed by atoms with Crippen molar-refractivity contribution in [2.75, 3.05) is 18.0 Å². The Hall–Kier alpha value is -3.87. The average Bonchev–Trinajstić information content (AvgIpc) is 2.94. The van der Waals surface area contributed by atoms with Crippen LogP contribution >= 0.6 is 23.2 Å². The number of hydrogen-bond acceptors (Lipinski definition) is 7. The van der Waals surface area contributed by atoms with E-state index in [0.29, 0.717) is 10.6 Å². The van der Waals surface area contributed by atoms with Crippen LogP contribution in [0.25, 0.3) is 0 Å². The molecule has 230 valence electrons. The Morgan fingerprint density at radius 2 is 1.63 bits per heavy atom. The normalized spacial score (nSPS) is 12.0. The molecule has 0 aromatic heterocycles. The maximum Gasteiger partial charge on any atom is 0.273 e. The van der Waals surface area contributed by atoms with Gasteiger partial charge in [-0.05, 0) is 69.7 Å². The van der Waals surface area contributed by atoms with Gasteiger partial charge in [0, 0.05) is 34.3 Å². The molecule has 0 aliphatic rings. The number of aryl methyl sites for hydroxylation is 1. The van der Waals surface area contributed by atoms with Gasteiger partial charge in [0.05, 0.1) is 22.6 Å². The third-order valence-corrected chi connectivity index (χ3v) is 8.76. The highest BCUT2D eigenvalue weighted by Gasteiger charge is 2.35. The number of amides is 2. The minimum absolute atomic E-state index is 0.0424. The summed E-state index contributed by atoms with van der Waals surface area (Å²) in [4.78, 5) is 38.8. The molecule has 3 rings (SSSR count). The van der Waals surface area contributed by atoms with E-state index in [9.17, 15) is 28.1 Å². The van der Waals surface area contributed by atoms with Crippen molar-refractivity contribution in [1.29, 1.82) is 0 Å². The standard InChI is InChI=1S/C29H32Cl2N4O7S/c1-18(2)32-29(37)20(4)33(16-21-7-9-22(30)10-8-21)28(36)17-34(26-14-23(31)11-13-27(26)42-5)43(40,41)24-12-6-19(3)25(15-24)35(38)39/h6-15,18,20H,16-17H2,1-5H3,(H,32,37)/t20-/m0/s1. The molecular weight excluding hydrogens is 619 g/mol. The Kier molecular flexibility index (Phi) is 11.0. The number of anilines is 1. The number of nitro groups is 1. The minimum atomic E-state index is -4.62. The zero-order valence-electron chi connectivity index (χ0n) is 24.2. The molecule has 1 N–H and O–H groups in total. The van der Waals surface area contributed by atoms with E-state index in [2.05, 4.69) is 5.32 Å². The zero-order chi connectivity index (χ0) is 32.1. The van der Waals surface area contributed by atoms with E-state index in [1.165, 1.54) is 56.2 Å². The fourth-order valence-corrected chi connectivity index (χ4v) is 5.95. The van der Waals surface area contributed by atoms with E-state index in [1.807, 2.05) is 0 Å². The number of halogens is 2. The van der Waals surface area contributed by atoms with Gasteiger partial charge in [-0.3, -0.25) is 24.0 Å². The van der Waals surface area contributed by atoms with Gasteiger partial charge in [0.25, 0.3) is 15.7 Å². The van der Waals surface area contributed by atoms with Crippen LogP contribution in [0.5, 0.6) is 5.75 Å². The first kappa shape index (κ1) is 33.6. The van der Waals surface area contributed by atoms with Crippen LogP contribution in [0.2, 0.25) is 10.0 Å². The first-order valence-corrected chi connectivity index (χ1v) is 15.3. The van der Waals surface area contributed by atoms with Crippen molar-refractivity contribution >= 4 is 56.4 Å². The van der Waals surface area contributed by atoms with Gasteiger partial charge in [0.2, 0.25) is 11.8 Å². The second-order valence-corrected chi connectivity index (χ2v) is 12.8. The lowest BCUT2D eigenvalue weighted by Crippen LogP contribution is -2.52. The molecule has 0 bridgehead atoms. The van der Waals surface area contributed by atoms with Crippen molar-refractivity contribution in [1.82, 2.24) is 10.2 Å². The third-order valence-electron chi connectivity index (χ3n) is 6.52. The molecule has 0 heterocycles. The van der Waals surface area contributed by atoms with Crippen LogP contribution in [0.15, 0.2) is 65.6 Å². The Labute approximate surface area is 260 Å². The summed E-state index contributed by atoms with van der Waals surface area (Å²) < 4.78 is 34.5. The predicted molar refractivity (Wildman–Crippen MR) is 165 cm³/mol. The van der Waals surface area contributed by atoms with Crippen molar-refractivity contribution in [2.45, 2.75) is 51.2 Å². The zero-order valence-corrected chi connectivity index (χ0v) is 26.5. The molecule has 11 nitrogen and oxygen atoms in total. The largest absolute Gasteiger partial charge is 0.495 e. The fourth-order valence-electron chi connectivity index (χ4n) is 4.22. The molecule has 14 heteroatoms. The predicted octanol–water partition coefficient (Wildman–Crippen LogP) is 5.36. The Bertz CT molecular complexity index is 1620. The van der Waals surface area contributed by atoms with Crippen LogP contribution in [0, 0.1) is 17.0 Å². The van der Waals surface area contributed by atoms with E-state index >= 15 is 0 Å². The van der Waals surface area contributed by atoms with E-state index in [4.69, 9.17) is 27.9 Å². The highest BCUT2D eigenvalue weighted by atomic mass is 35.5. The van der Waals surface area contributed by atoms with Gasteiger partial charge in [0.1, 0.15) is 18.3 Å². The van der Waals surface area contributed by atoms with Crippen LogP contribution in [0.1, 0.15) is 31.9 Å². The van der Waals surface area contributed by atoms with Gasteiger partial charge in [-0.15, -0.1) is 0 Å². The lowest BCUT2D eigenvalue weighted by atomic mass is 10.1. The lowest BCUT2D eigenvalue weighted by molar-refractivity contribution is -0.385. The highest BCUT2D eigenvalue weighted by Crippen LogP contribution is 2.36. The topological polar surface area (TPSA) is 139 Å². The molecule has 0 saturated heterocycles. The molecular formula is C29H32Cl2N4O7S. The SMILES string of the molecule is COc1ccc(Cl)cc1N(CC(=O)N(Cc1ccc(Cl)cc1)[C@@H](C)C(=O)NC(C)C)S(=O)(=O)c1ccc(C)c([N+](=O)[O-])c1. The molecule has 0 spiro atoms. The van der Waals surface area contributed by atoms with Gasteiger partial charge in [-0.2, -0.15) is 0 Å². The Morgan fingerprint density at radius 1 is 1.00 bits per heavy atom. The van der Waals surface area contributed by atoms with Crippen molar-refractivity contribution in [3.63, 3.8) is 0 Å². The lowest BCUT2D eigenvalue weighted by Gasteiger charge is -2.32. The number of hydrogen-bond donors (Lipinski definition) is 1. The summed E-state index contributed by atoms with van der Waals surface area (Å²) in [6, 6.07) is 13.1. The van der Waals surface area contributed by atoms with Gasteiger partial charge in [-0.1, -0.05) is 41.4 Å². The second-order valence-electron chi connectivity index (χ2n) is 10.0. The summed E-state index contributed by atoms with van der Waals surface area (Å²) >= 11 is 12.3. The third kappa shape index (κ3) is 8.15. The summed E-state index contributed by atoms with van der Waals surface area (Å²) in [6.45, 7) is 5.74. The highest BCUT2D eigenvalue weighted by molar-refractivity contribution is 7.92. The quantitative estimate of drug-likeness (QED) is 0.206. The first-order chi connectivity index (χ1) is 20.1. The van der Waals surface area contributed by atoms with Crippen LogP contribution in [0.4, 0.5) is 11.4 Å². The van der Waals surface area contributed by atoms with Crippen LogP contribution < -0.4 is 14.4 Å². The average molecular weight is 652 g/mol. The number of nitrogens with zero attached hydrogens (tertiary/aromatic N) is 3. The van der Waals surface area contributed by atoms with Gasteiger partial charge >= 0.3 is 0 Å². The molecule has 0 radical (unpaired) electrons. The van der Waals surface area contributed by atoms with Crippen molar-refractivity contribution in [3.8, 4) is 5.75 Å². The number of carbonyl (C=O) groups is 2. The van der Waals surface area contributed by atoms with E-state index in [0.717, 1.165) is 10.4 Å². The molecule has 0 aliphatic heterocycles. The number of rotatable bonds is 12. The molecule has 0 unspecified atom stereocenters. The summed E-state index contributed by atoms with van der Waals surface area (Å²) in [5.74, 6) is -1.09. The van der Waals surface area contributed by atoms with Crippen molar-refractivity contribution < 1.29 is 27.7 Å². The molecule has 0 aliphatic carbocycles. The Morgan fingerprint density at radius 3 is 2.21 bits per heavy atom. The number of sulfonamides is 1. The maximum atomic E-state index is 14.1. The smallest absolute Gasteiger partial charge is 0.273 e. The van der Waals surface area contributed by atoms with Gasteiger partial charge in [-0.25, -0.2) is 8.42 Å². The molecule has 43 heavy (non-hydrogen) atoms. The number of methoxy groups -OCH3 is 1. The molecule has 2 amide bonds. The molecule has 3 aromatic carbocycles. The Balaban J connectivity index is 2.16.